The second kappa shape index (κ2) is 12.1. The Morgan fingerprint density at radius 1 is 1.14 bits per heavy atom. The van der Waals surface area contributed by atoms with Crippen molar-refractivity contribution in [3.8, 4) is 0 Å². The van der Waals surface area contributed by atoms with E-state index >= 15 is 0 Å². The average Bonchev–Trinajstić information content (AvgIpc) is 3.15. The number of carbonyl (C=O) groups is 2. The molecule has 0 bridgehead atoms. The predicted octanol–water partition coefficient (Wildman–Crippen LogP) is 4.52. The van der Waals surface area contributed by atoms with Gasteiger partial charge in [0.1, 0.15) is 12.7 Å². The van der Waals surface area contributed by atoms with Crippen LogP contribution in [0.3, 0.4) is 0 Å². The number of benzene rings is 1. The highest BCUT2D eigenvalue weighted by Gasteiger charge is 2.54. The van der Waals surface area contributed by atoms with Crippen LogP contribution < -0.4 is 0 Å². The van der Waals surface area contributed by atoms with Crippen LogP contribution in [0.1, 0.15) is 65.9 Å². The van der Waals surface area contributed by atoms with Crippen molar-refractivity contribution in [3.63, 3.8) is 0 Å². The minimum Gasteiger partial charge on any atom is -0.461 e. The largest absolute Gasteiger partial charge is 0.461 e. The van der Waals surface area contributed by atoms with Crippen LogP contribution in [-0.2, 0) is 35.1 Å². The van der Waals surface area contributed by atoms with Crippen molar-refractivity contribution in [2.24, 2.45) is 5.11 Å². The molecule has 0 aromatic heterocycles. The highest BCUT2D eigenvalue weighted by Crippen LogP contribution is 2.38. The van der Waals surface area contributed by atoms with E-state index in [0.717, 1.165) is 5.56 Å². The van der Waals surface area contributed by atoms with E-state index < -0.39 is 29.6 Å². The van der Waals surface area contributed by atoms with Crippen molar-refractivity contribution in [2.45, 2.75) is 103 Å². The highest BCUT2D eigenvalue weighted by molar-refractivity contribution is 5.77. The molecule has 0 spiro atoms. The number of nitrogens with zero attached hydrogens (tertiary/aromatic N) is 4. The fourth-order valence-corrected chi connectivity index (χ4v) is 4.51. The number of fused-ring (bicyclic) bond motifs is 1. The van der Waals surface area contributed by atoms with E-state index in [1.807, 2.05) is 65.0 Å². The summed E-state index contributed by atoms with van der Waals surface area (Å²) >= 11 is 0. The number of amides is 1. The van der Waals surface area contributed by atoms with Crippen LogP contribution in [0.15, 0.2) is 35.4 Å². The molecular weight excluding hydrogens is 464 g/mol. The lowest BCUT2D eigenvalue weighted by Gasteiger charge is -2.44. The second-order valence-electron chi connectivity index (χ2n) is 10.7. The topological polar surface area (TPSA) is 123 Å². The van der Waals surface area contributed by atoms with Crippen LogP contribution >= 0.6 is 0 Å². The summed E-state index contributed by atoms with van der Waals surface area (Å²) in [6, 6.07) is 8.55. The summed E-state index contributed by atoms with van der Waals surface area (Å²) in [6.07, 6.45) is 0.619. The van der Waals surface area contributed by atoms with Crippen LogP contribution in [0.2, 0.25) is 0 Å². The molecule has 0 aliphatic carbocycles. The zero-order valence-corrected chi connectivity index (χ0v) is 21.9. The summed E-state index contributed by atoms with van der Waals surface area (Å²) in [5.74, 6) is -1.25. The average molecular weight is 503 g/mol. The Morgan fingerprint density at radius 2 is 1.81 bits per heavy atom. The first-order valence-corrected chi connectivity index (χ1v) is 12.5. The molecule has 2 fully saturated rings. The molecule has 2 aliphatic rings. The number of ether oxygens (including phenoxy) is 4. The minimum absolute atomic E-state index is 0.0972. The van der Waals surface area contributed by atoms with E-state index in [0.29, 0.717) is 12.8 Å². The van der Waals surface area contributed by atoms with Gasteiger partial charge in [0.25, 0.3) is 0 Å². The number of unbranched alkanes of at least 4 members (excludes halogenated alkanes) is 1. The normalized spacial score (nSPS) is 25.1. The first-order chi connectivity index (χ1) is 17.0. The molecule has 10 heteroatoms. The fourth-order valence-electron chi connectivity index (χ4n) is 4.51. The Balaban J connectivity index is 1.58. The van der Waals surface area contributed by atoms with Gasteiger partial charge in [0.15, 0.2) is 5.79 Å². The van der Waals surface area contributed by atoms with E-state index in [1.165, 1.54) is 0 Å². The van der Waals surface area contributed by atoms with Crippen molar-refractivity contribution in [2.75, 3.05) is 13.2 Å². The fraction of sp³-hybridized carbons (Fsp3) is 0.692. The Labute approximate surface area is 212 Å². The lowest BCUT2D eigenvalue weighted by Crippen LogP contribution is -2.63. The van der Waals surface area contributed by atoms with E-state index in [4.69, 9.17) is 24.5 Å². The number of hydrogen-bond acceptors (Lipinski definition) is 7. The molecule has 0 radical (unpaired) electrons. The molecule has 0 saturated carbocycles. The maximum atomic E-state index is 13.3. The Hall–Kier alpha value is -2.65. The molecule has 1 amide bonds. The minimum atomic E-state index is -0.863. The van der Waals surface area contributed by atoms with Gasteiger partial charge in [-0.2, -0.15) is 0 Å². The quantitative estimate of drug-likeness (QED) is 0.152. The van der Waals surface area contributed by atoms with Crippen LogP contribution in [0.4, 0.5) is 0 Å². The summed E-state index contributed by atoms with van der Waals surface area (Å²) in [6.45, 7) is 10.2. The highest BCUT2D eigenvalue weighted by atomic mass is 16.8. The molecule has 2 heterocycles. The van der Waals surface area contributed by atoms with E-state index in [2.05, 4.69) is 10.0 Å². The summed E-state index contributed by atoms with van der Waals surface area (Å²) in [5.41, 5.74) is 9.63. The summed E-state index contributed by atoms with van der Waals surface area (Å²) in [7, 11) is 0. The Morgan fingerprint density at radius 3 is 2.47 bits per heavy atom. The molecule has 198 valence electrons. The molecule has 3 rings (SSSR count). The summed E-state index contributed by atoms with van der Waals surface area (Å²) in [4.78, 5) is 30.1. The smallest absolute Gasteiger partial charge is 0.306 e. The monoisotopic (exact) mass is 502 g/mol. The van der Waals surface area contributed by atoms with Gasteiger partial charge >= 0.3 is 5.97 Å². The molecule has 1 unspecified atom stereocenters. The standard InChI is InChI=1S/C26H38N4O6/c1-25(2,3)34-17-20-24-23(35-26(4,5)36-24)19(28-29-27)15-30(20)21(31)13-9-10-14-22(32)33-16-18-11-7-6-8-12-18/h6-8,11-12,19-20,23-24H,9-10,13-17H2,1-5H3/t19-,20?,23+,24-/m0/s1. The molecular formula is C26H38N4O6. The molecule has 0 N–H and O–H groups in total. The zero-order chi connectivity index (χ0) is 26.3. The van der Waals surface area contributed by atoms with Gasteiger partial charge in [-0.1, -0.05) is 35.4 Å². The first kappa shape index (κ1) is 27.9. The molecule has 36 heavy (non-hydrogen) atoms. The third-order valence-corrected chi connectivity index (χ3v) is 6.18. The maximum absolute atomic E-state index is 13.3. The number of esters is 1. The molecule has 1 aromatic rings. The molecule has 10 nitrogen and oxygen atoms in total. The van der Waals surface area contributed by atoms with Gasteiger partial charge in [0, 0.05) is 24.3 Å². The van der Waals surface area contributed by atoms with Gasteiger partial charge in [-0.05, 0) is 58.6 Å². The van der Waals surface area contributed by atoms with Crippen LogP contribution in [0, 0.1) is 0 Å². The third-order valence-electron chi connectivity index (χ3n) is 6.18. The molecule has 4 atom stereocenters. The number of azide groups is 1. The van der Waals surface area contributed by atoms with Gasteiger partial charge in [-0.15, -0.1) is 0 Å². The third kappa shape index (κ3) is 7.93. The van der Waals surface area contributed by atoms with E-state index in [1.54, 1.807) is 4.90 Å². The van der Waals surface area contributed by atoms with Gasteiger partial charge in [-0.25, -0.2) is 0 Å². The number of hydrogen-bond donors (Lipinski definition) is 0. The Kier molecular flexibility index (Phi) is 9.35. The van der Waals surface area contributed by atoms with Crippen molar-refractivity contribution in [3.05, 3.63) is 46.3 Å². The maximum Gasteiger partial charge on any atom is 0.306 e. The Bertz CT molecular complexity index is 942. The van der Waals surface area contributed by atoms with Gasteiger partial charge < -0.3 is 23.8 Å². The number of carbonyl (C=O) groups excluding carboxylic acids is 2. The van der Waals surface area contributed by atoms with E-state index in [-0.39, 0.29) is 50.5 Å². The van der Waals surface area contributed by atoms with Gasteiger partial charge in [0.2, 0.25) is 5.91 Å². The second-order valence-corrected chi connectivity index (χ2v) is 10.7. The lowest BCUT2D eigenvalue weighted by molar-refractivity contribution is -0.159. The first-order valence-electron chi connectivity index (χ1n) is 12.5. The summed E-state index contributed by atoms with van der Waals surface area (Å²) < 4.78 is 23.6. The van der Waals surface area contributed by atoms with Crippen LogP contribution in [0.5, 0.6) is 0 Å². The number of rotatable bonds is 10. The van der Waals surface area contributed by atoms with Crippen molar-refractivity contribution in [1.82, 2.24) is 4.90 Å². The van der Waals surface area contributed by atoms with Gasteiger partial charge in [0.05, 0.1) is 30.4 Å². The predicted molar refractivity (Wildman–Crippen MR) is 133 cm³/mol. The lowest BCUT2D eigenvalue weighted by atomic mass is 9.92. The van der Waals surface area contributed by atoms with Crippen molar-refractivity contribution >= 4 is 11.9 Å². The SMILES string of the molecule is CC(C)(C)OCC1[C@@H]2OC(C)(C)O[C@@H]2[C@@H](N=[N+]=[N-])CN1C(=O)CCCCC(=O)OCc1ccccc1. The van der Waals surface area contributed by atoms with E-state index in [9.17, 15) is 9.59 Å². The molecule has 2 aliphatic heterocycles. The molecule has 2 saturated heterocycles. The van der Waals surface area contributed by atoms with Crippen LogP contribution in [-0.4, -0.2) is 65.6 Å². The molecule has 1 aromatic carbocycles. The number of likely N-dealkylation sites (tertiary alicyclic amines) is 1. The zero-order valence-electron chi connectivity index (χ0n) is 21.9. The van der Waals surface area contributed by atoms with Crippen molar-refractivity contribution in [1.29, 1.82) is 0 Å². The van der Waals surface area contributed by atoms with Crippen molar-refractivity contribution < 1.29 is 28.5 Å². The van der Waals surface area contributed by atoms with Gasteiger partial charge in [-0.3, -0.25) is 9.59 Å². The number of piperidine rings is 1. The summed E-state index contributed by atoms with van der Waals surface area (Å²) in [5, 5.41) is 3.91. The van der Waals surface area contributed by atoms with Crippen LogP contribution in [0.25, 0.3) is 10.4 Å².